The van der Waals surface area contributed by atoms with Gasteiger partial charge in [-0.15, -0.1) is 0 Å². The number of likely N-dealkylation sites (tertiary alicyclic amines) is 1. The van der Waals surface area contributed by atoms with Gasteiger partial charge in [-0.3, -0.25) is 9.88 Å². The van der Waals surface area contributed by atoms with Gasteiger partial charge in [0.15, 0.2) is 0 Å². The number of pyridine rings is 1. The molecule has 0 bridgehead atoms. The van der Waals surface area contributed by atoms with Crippen molar-refractivity contribution < 1.29 is 4.74 Å². The molecule has 0 amide bonds. The Morgan fingerprint density at radius 3 is 2.74 bits per heavy atom. The summed E-state index contributed by atoms with van der Waals surface area (Å²) in [6.07, 6.45) is 6.02. The number of hydrogen-bond donors (Lipinski definition) is 0. The van der Waals surface area contributed by atoms with E-state index in [0.717, 1.165) is 25.4 Å². The molecule has 0 aliphatic carbocycles. The lowest BCUT2D eigenvalue weighted by Gasteiger charge is -2.40. The molecule has 23 heavy (non-hydrogen) atoms. The van der Waals surface area contributed by atoms with Crippen LogP contribution in [0.5, 0.6) is 5.75 Å². The Balaban J connectivity index is 1.59. The quantitative estimate of drug-likeness (QED) is 0.832. The molecule has 122 valence electrons. The average molecular weight is 310 g/mol. The summed E-state index contributed by atoms with van der Waals surface area (Å²) in [4.78, 5) is 6.61. The molecular formula is C20H26N2O. The van der Waals surface area contributed by atoms with Gasteiger partial charge in [0, 0.05) is 30.9 Å². The third kappa shape index (κ3) is 4.32. The first-order chi connectivity index (χ1) is 11.1. The van der Waals surface area contributed by atoms with Crippen LogP contribution in [-0.2, 0) is 6.54 Å². The normalized spacial score (nSPS) is 22.0. The molecular weight excluding hydrogens is 284 g/mol. The lowest BCUT2D eigenvalue weighted by Crippen LogP contribution is -2.44. The molecule has 3 rings (SSSR count). The van der Waals surface area contributed by atoms with E-state index in [9.17, 15) is 0 Å². The van der Waals surface area contributed by atoms with Crippen LogP contribution in [0.4, 0.5) is 0 Å². The highest BCUT2D eigenvalue weighted by atomic mass is 16.5. The number of rotatable bonds is 5. The molecule has 2 aromatic rings. The van der Waals surface area contributed by atoms with Crippen LogP contribution in [0.3, 0.4) is 0 Å². The van der Waals surface area contributed by atoms with Gasteiger partial charge >= 0.3 is 0 Å². The Kier molecular flexibility index (Phi) is 4.97. The molecule has 1 saturated heterocycles. The number of nitrogens with zero attached hydrogens (tertiary/aromatic N) is 2. The topological polar surface area (TPSA) is 25.4 Å². The first-order valence-electron chi connectivity index (χ1n) is 8.44. The maximum absolute atomic E-state index is 6.00. The van der Waals surface area contributed by atoms with Gasteiger partial charge in [0.25, 0.3) is 0 Å². The molecule has 1 aliphatic rings. The second kappa shape index (κ2) is 7.14. The fraction of sp³-hybridized carbons (Fsp3) is 0.450. The predicted molar refractivity (Wildman–Crippen MR) is 93.5 cm³/mol. The van der Waals surface area contributed by atoms with Crippen LogP contribution in [-0.4, -0.2) is 29.6 Å². The number of ether oxygens (including phenoxy) is 1. The summed E-state index contributed by atoms with van der Waals surface area (Å²) in [5, 5.41) is 0. The summed E-state index contributed by atoms with van der Waals surface area (Å²) in [6, 6.07) is 12.5. The highest BCUT2D eigenvalue weighted by Gasteiger charge is 2.32. The van der Waals surface area contributed by atoms with E-state index in [0.29, 0.717) is 0 Å². The van der Waals surface area contributed by atoms with Crippen LogP contribution < -0.4 is 4.74 Å². The van der Waals surface area contributed by atoms with E-state index in [4.69, 9.17) is 4.74 Å². The monoisotopic (exact) mass is 310 g/mol. The van der Waals surface area contributed by atoms with Gasteiger partial charge in [-0.05, 0) is 49.6 Å². The van der Waals surface area contributed by atoms with E-state index in [2.05, 4.69) is 48.0 Å². The zero-order valence-corrected chi connectivity index (χ0v) is 14.2. The minimum atomic E-state index is 0.213. The molecule has 0 N–H and O–H groups in total. The van der Waals surface area contributed by atoms with Crippen LogP contribution in [0.25, 0.3) is 0 Å². The van der Waals surface area contributed by atoms with Gasteiger partial charge in [0.1, 0.15) is 5.75 Å². The van der Waals surface area contributed by atoms with Crippen LogP contribution in [0.2, 0.25) is 0 Å². The lowest BCUT2D eigenvalue weighted by atomic mass is 9.82. The number of piperidine rings is 1. The smallest absolute Gasteiger partial charge is 0.122 e. The summed E-state index contributed by atoms with van der Waals surface area (Å²) in [7, 11) is 0. The Bertz CT molecular complexity index is 629. The Hall–Kier alpha value is -1.87. The molecule has 1 atom stereocenters. The van der Waals surface area contributed by atoms with Crippen molar-refractivity contribution in [1.82, 2.24) is 9.88 Å². The lowest BCUT2D eigenvalue weighted by molar-refractivity contribution is 0.0522. The predicted octanol–water partition coefficient (Wildman–Crippen LogP) is 4.07. The molecule has 3 nitrogen and oxygen atoms in total. The Morgan fingerprint density at radius 2 is 1.96 bits per heavy atom. The fourth-order valence-electron chi connectivity index (χ4n) is 3.40. The largest absolute Gasteiger partial charge is 0.493 e. The third-order valence-electron chi connectivity index (χ3n) is 4.75. The van der Waals surface area contributed by atoms with Crippen molar-refractivity contribution in [3.8, 4) is 5.75 Å². The number of benzene rings is 1. The maximum atomic E-state index is 6.00. The summed E-state index contributed by atoms with van der Waals surface area (Å²) in [5.41, 5.74) is 3.03. The van der Waals surface area contributed by atoms with E-state index in [1.54, 1.807) is 12.4 Å². The second-order valence-corrected chi connectivity index (χ2v) is 7.02. The first-order valence-corrected chi connectivity index (χ1v) is 8.44. The molecule has 2 heterocycles. The van der Waals surface area contributed by atoms with Crippen molar-refractivity contribution in [3.05, 3.63) is 59.9 Å². The van der Waals surface area contributed by atoms with Crippen molar-refractivity contribution in [2.45, 2.75) is 33.2 Å². The van der Waals surface area contributed by atoms with E-state index < -0.39 is 0 Å². The molecule has 0 saturated carbocycles. The Labute approximate surface area is 139 Å². The molecule has 1 aromatic heterocycles. The van der Waals surface area contributed by atoms with Gasteiger partial charge in [-0.25, -0.2) is 0 Å². The van der Waals surface area contributed by atoms with Crippen molar-refractivity contribution in [1.29, 1.82) is 0 Å². The maximum Gasteiger partial charge on any atom is 0.122 e. The first kappa shape index (κ1) is 16.0. The van der Waals surface area contributed by atoms with Crippen LogP contribution in [0, 0.1) is 12.3 Å². The van der Waals surface area contributed by atoms with Gasteiger partial charge < -0.3 is 4.74 Å². The van der Waals surface area contributed by atoms with Crippen LogP contribution >= 0.6 is 0 Å². The van der Waals surface area contributed by atoms with Crippen LogP contribution in [0.15, 0.2) is 48.8 Å². The van der Waals surface area contributed by atoms with Crippen molar-refractivity contribution in [2.75, 3.05) is 19.7 Å². The van der Waals surface area contributed by atoms with E-state index in [-0.39, 0.29) is 5.41 Å². The minimum absolute atomic E-state index is 0.213. The van der Waals surface area contributed by atoms with Gasteiger partial charge in [0.05, 0.1) is 6.61 Å². The zero-order chi connectivity index (χ0) is 16.1. The zero-order valence-electron chi connectivity index (χ0n) is 14.2. The molecule has 1 unspecified atom stereocenters. The summed E-state index contributed by atoms with van der Waals surface area (Å²) >= 11 is 0. The molecule has 3 heteroatoms. The van der Waals surface area contributed by atoms with E-state index in [1.165, 1.54) is 30.5 Å². The second-order valence-electron chi connectivity index (χ2n) is 7.02. The van der Waals surface area contributed by atoms with E-state index in [1.807, 2.05) is 12.1 Å². The number of aromatic nitrogens is 1. The molecule has 0 spiro atoms. The highest BCUT2D eigenvalue weighted by molar-refractivity contribution is 5.25. The van der Waals surface area contributed by atoms with Crippen LogP contribution in [0.1, 0.15) is 30.9 Å². The number of aryl methyl sites for hydroxylation is 1. The third-order valence-corrected chi connectivity index (χ3v) is 4.75. The molecule has 0 radical (unpaired) electrons. The highest BCUT2D eigenvalue weighted by Crippen LogP contribution is 2.31. The average Bonchev–Trinajstić information content (AvgIpc) is 2.56. The summed E-state index contributed by atoms with van der Waals surface area (Å²) in [5.74, 6) is 0.914. The SMILES string of the molecule is Cc1ccccc1CN1CCCC(C)(COc2ccncc2)C1. The number of hydrogen-bond acceptors (Lipinski definition) is 3. The fourth-order valence-corrected chi connectivity index (χ4v) is 3.40. The molecule has 1 fully saturated rings. The minimum Gasteiger partial charge on any atom is -0.493 e. The standard InChI is InChI=1S/C20H26N2O/c1-17-6-3-4-7-18(17)14-22-13-5-10-20(2,15-22)16-23-19-8-11-21-12-9-19/h3-4,6-9,11-12H,5,10,13-16H2,1-2H3. The van der Waals surface area contributed by atoms with Gasteiger partial charge in [-0.1, -0.05) is 31.2 Å². The van der Waals surface area contributed by atoms with Gasteiger partial charge in [-0.2, -0.15) is 0 Å². The summed E-state index contributed by atoms with van der Waals surface area (Å²) in [6.45, 7) is 8.62. The molecule has 1 aliphatic heterocycles. The van der Waals surface area contributed by atoms with E-state index >= 15 is 0 Å². The van der Waals surface area contributed by atoms with Crippen molar-refractivity contribution >= 4 is 0 Å². The summed E-state index contributed by atoms with van der Waals surface area (Å²) < 4.78 is 6.00. The van der Waals surface area contributed by atoms with Gasteiger partial charge in [0.2, 0.25) is 0 Å². The van der Waals surface area contributed by atoms with Crippen molar-refractivity contribution in [2.24, 2.45) is 5.41 Å². The Morgan fingerprint density at radius 1 is 1.17 bits per heavy atom. The molecule has 1 aromatic carbocycles. The van der Waals surface area contributed by atoms with Crippen molar-refractivity contribution in [3.63, 3.8) is 0 Å².